The Morgan fingerprint density at radius 1 is 1.62 bits per heavy atom. The van der Waals surface area contributed by atoms with E-state index in [1.54, 1.807) is 6.92 Å². The van der Waals surface area contributed by atoms with Crippen LogP contribution in [0.25, 0.3) is 0 Å². The molecule has 1 aromatic heterocycles. The van der Waals surface area contributed by atoms with Crippen molar-refractivity contribution in [2.75, 3.05) is 6.61 Å². The van der Waals surface area contributed by atoms with Gasteiger partial charge < -0.3 is 20.0 Å². The van der Waals surface area contributed by atoms with Gasteiger partial charge in [-0.25, -0.2) is 0 Å². The Balaban J connectivity index is 2.90. The second kappa shape index (κ2) is 5.06. The second-order valence-electron chi connectivity index (χ2n) is 2.87. The number of aromatic hydroxyl groups is 1. The first-order chi connectivity index (χ1) is 7.54. The van der Waals surface area contributed by atoms with E-state index in [0.29, 0.717) is 0 Å². The van der Waals surface area contributed by atoms with E-state index < -0.39 is 16.7 Å². The van der Waals surface area contributed by atoms with Crippen LogP contribution >= 0.6 is 0 Å². The number of hydrogen-bond donors (Lipinski definition) is 1. The Bertz CT molecular complexity index is 418. The van der Waals surface area contributed by atoms with Crippen molar-refractivity contribution >= 4 is 11.8 Å². The number of pyridine rings is 1. The van der Waals surface area contributed by atoms with Crippen LogP contribution in [-0.4, -0.2) is 27.6 Å². The van der Waals surface area contributed by atoms with Crippen LogP contribution in [0.1, 0.15) is 12.6 Å². The average Bonchev–Trinajstić information content (AvgIpc) is 2.21. The van der Waals surface area contributed by atoms with Crippen molar-refractivity contribution in [2.24, 2.45) is 0 Å². The standard InChI is InChI=1S/C9H10N2O5/c1-2-16-9(13)5-6-7(12)3-4-8(10-6)11(14)15/h3-4,12H,2,5H2,1H3. The molecule has 1 rings (SSSR count). The highest BCUT2D eigenvalue weighted by atomic mass is 16.6. The molecule has 7 heteroatoms. The molecule has 0 aliphatic heterocycles. The van der Waals surface area contributed by atoms with Crippen molar-refractivity contribution < 1.29 is 19.6 Å². The van der Waals surface area contributed by atoms with E-state index >= 15 is 0 Å². The van der Waals surface area contributed by atoms with Crippen LogP contribution in [0.5, 0.6) is 5.75 Å². The molecule has 7 nitrogen and oxygen atoms in total. The number of hydrogen-bond acceptors (Lipinski definition) is 6. The molecule has 0 radical (unpaired) electrons. The fourth-order valence-electron chi connectivity index (χ4n) is 1.06. The van der Waals surface area contributed by atoms with Crippen molar-refractivity contribution in [3.8, 4) is 5.75 Å². The summed E-state index contributed by atoms with van der Waals surface area (Å²) in [5, 5.41) is 19.8. The molecule has 16 heavy (non-hydrogen) atoms. The Hall–Kier alpha value is -2.18. The monoisotopic (exact) mass is 226 g/mol. The SMILES string of the molecule is CCOC(=O)Cc1nc([N+](=O)[O-])ccc1O. The zero-order valence-corrected chi connectivity index (χ0v) is 8.54. The lowest BCUT2D eigenvalue weighted by Gasteiger charge is -2.00. The van der Waals surface area contributed by atoms with Gasteiger partial charge in [-0.05, 0) is 22.9 Å². The number of ether oxygens (including phenoxy) is 1. The van der Waals surface area contributed by atoms with Gasteiger partial charge in [0.1, 0.15) is 6.42 Å². The Morgan fingerprint density at radius 3 is 2.88 bits per heavy atom. The van der Waals surface area contributed by atoms with Gasteiger partial charge in [0.15, 0.2) is 5.75 Å². The van der Waals surface area contributed by atoms with Crippen LogP contribution in [-0.2, 0) is 16.0 Å². The van der Waals surface area contributed by atoms with E-state index in [4.69, 9.17) is 0 Å². The number of aromatic nitrogens is 1. The summed E-state index contributed by atoms with van der Waals surface area (Å²) in [6, 6.07) is 2.18. The second-order valence-corrected chi connectivity index (χ2v) is 2.87. The summed E-state index contributed by atoms with van der Waals surface area (Å²) in [5.41, 5.74) is -0.0624. The molecule has 0 aliphatic rings. The van der Waals surface area contributed by atoms with Gasteiger partial charge in [0.25, 0.3) is 0 Å². The van der Waals surface area contributed by atoms with Gasteiger partial charge in [-0.15, -0.1) is 0 Å². The number of rotatable bonds is 4. The summed E-state index contributed by atoms with van der Waals surface area (Å²) in [6.45, 7) is 1.84. The van der Waals surface area contributed by atoms with Crippen LogP contribution in [0.3, 0.4) is 0 Å². The molecule has 1 heterocycles. The first-order valence-corrected chi connectivity index (χ1v) is 4.53. The van der Waals surface area contributed by atoms with E-state index in [9.17, 15) is 20.0 Å². The van der Waals surface area contributed by atoms with Crippen molar-refractivity contribution in [2.45, 2.75) is 13.3 Å². The van der Waals surface area contributed by atoms with E-state index in [-0.39, 0.29) is 24.5 Å². The third-order valence-electron chi connectivity index (χ3n) is 1.74. The third kappa shape index (κ3) is 2.91. The number of nitro groups is 1. The molecule has 0 spiro atoms. The summed E-state index contributed by atoms with van der Waals surface area (Å²) < 4.78 is 4.64. The summed E-state index contributed by atoms with van der Waals surface area (Å²) in [7, 11) is 0. The first-order valence-electron chi connectivity index (χ1n) is 4.53. The normalized spacial score (nSPS) is 9.81. The van der Waals surface area contributed by atoms with Crippen LogP contribution in [0.4, 0.5) is 5.82 Å². The molecule has 0 fully saturated rings. The zero-order chi connectivity index (χ0) is 12.1. The molecule has 0 saturated carbocycles. The van der Waals surface area contributed by atoms with Crippen LogP contribution in [0.2, 0.25) is 0 Å². The molecule has 86 valence electrons. The summed E-state index contributed by atoms with van der Waals surface area (Å²) in [5.74, 6) is -1.28. The number of carbonyl (C=O) groups excluding carboxylic acids is 1. The molecule has 0 atom stereocenters. The van der Waals surface area contributed by atoms with Crippen molar-refractivity contribution in [3.63, 3.8) is 0 Å². The van der Waals surface area contributed by atoms with E-state index in [1.165, 1.54) is 0 Å². The molecule has 1 aromatic rings. The lowest BCUT2D eigenvalue weighted by atomic mass is 10.2. The smallest absolute Gasteiger partial charge is 0.363 e. The van der Waals surface area contributed by atoms with Crippen LogP contribution < -0.4 is 0 Å². The van der Waals surface area contributed by atoms with Gasteiger partial charge >= 0.3 is 11.8 Å². The van der Waals surface area contributed by atoms with Gasteiger partial charge in [0, 0.05) is 6.07 Å². The van der Waals surface area contributed by atoms with Crippen LogP contribution in [0.15, 0.2) is 12.1 Å². The van der Waals surface area contributed by atoms with E-state index in [0.717, 1.165) is 12.1 Å². The van der Waals surface area contributed by atoms with Crippen molar-refractivity contribution in [1.29, 1.82) is 0 Å². The number of esters is 1. The Labute approximate surface area is 90.8 Å². The maximum atomic E-state index is 11.1. The Kier molecular flexibility index (Phi) is 3.76. The highest BCUT2D eigenvalue weighted by molar-refractivity contribution is 5.72. The average molecular weight is 226 g/mol. The van der Waals surface area contributed by atoms with Gasteiger partial charge in [0.2, 0.25) is 5.69 Å². The van der Waals surface area contributed by atoms with E-state index in [2.05, 4.69) is 9.72 Å². The van der Waals surface area contributed by atoms with Gasteiger partial charge in [-0.3, -0.25) is 4.79 Å². The Morgan fingerprint density at radius 2 is 2.31 bits per heavy atom. The minimum atomic E-state index is -0.700. The maximum absolute atomic E-state index is 11.1. The topological polar surface area (TPSA) is 103 Å². The van der Waals surface area contributed by atoms with Gasteiger partial charge in [-0.2, -0.15) is 0 Å². The van der Waals surface area contributed by atoms with Crippen molar-refractivity contribution in [1.82, 2.24) is 4.98 Å². The molecule has 0 aromatic carbocycles. The summed E-state index contributed by atoms with van der Waals surface area (Å²) >= 11 is 0. The molecular weight excluding hydrogens is 216 g/mol. The minimum Gasteiger partial charge on any atom is -0.504 e. The largest absolute Gasteiger partial charge is 0.504 e. The first kappa shape index (κ1) is 11.9. The number of carbonyl (C=O) groups is 1. The summed E-state index contributed by atoms with van der Waals surface area (Å²) in [6.07, 6.45) is -0.290. The van der Waals surface area contributed by atoms with E-state index in [1.807, 2.05) is 0 Å². The third-order valence-corrected chi connectivity index (χ3v) is 1.74. The lowest BCUT2D eigenvalue weighted by molar-refractivity contribution is -0.389. The van der Waals surface area contributed by atoms with Gasteiger partial charge in [-0.1, -0.05) is 0 Å². The quantitative estimate of drug-likeness (QED) is 0.462. The highest BCUT2D eigenvalue weighted by Crippen LogP contribution is 2.19. The fraction of sp³-hybridized carbons (Fsp3) is 0.333. The predicted molar refractivity (Wildman–Crippen MR) is 52.9 cm³/mol. The fourth-order valence-corrected chi connectivity index (χ4v) is 1.06. The summed E-state index contributed by atoms with van der Waals surface area (Å²) in [4.78, 5) is 24.4. The lowest BCUT2D eigenvalue weighted by Crippen LogP contribution is -2.09. The maximum Gasteiger partial charge on any atom is 0.363 e. The molecular formula is C9H10N2O5. The molecule has 1 N–H and O–H groups in total. The minimum absolute atomic E-state index is 0.0624. The molecule has 0 bridgehead atoms. The zero-order valence-electron chi connectivity index (χ0n) is 8.54. The molecule has 0 unspecified atom stereocenters. The van der Waals surface area contributed by atoms with Crippen LogP contribution in [0, 0.1) is 10.1 Å². The van der Waals surface area contributed by atoms with Crippen molar-refractivity contribution in [3.05, 3.63) is 27.9 Å². The molecule has 0 amide bonds. The molecule has 0 saturated heterocycles. The highest BCUT2D eigenvalue weighted by Gasteiger charge is 2.18. The number of nitrogens with zero attached hydrogens (tertiary/aromatic N) is 2. The molecule has 0 aliphatic carbocycles. The van der Waals surface area contributed by atoms with Gasteiger partial charge in [0.05, 0.1) is 6.61 Å². The predicted octanol–water partition coefficient (Wildman–Crippen LogP) is 0.801.